The van der Waals surface area contributed by atoms with Crippen molar-refractivity contribution in [2.75, 3.05) is 5.75 Å². The molecule has 3 aromatic rings. The van der Waals surface area contributed by atoms with E-state index in [4.69, 9.17) is 0 Å². The fraction of sp³-hybridized carbons (Fsp3) is 0.222. The van der Waals surface area contributed by atoms with E-state index in [2.05, 4.69) is 20.5 Å². The highest BCUT2D eigenvalue weighted by Crippen LogP contribution is 2.24. The van der Waals surface area contributed by atoms with E-state index >= 15 is 0 Å². The number of nitrogens with one attached hydrogen (secondary N) is 1. The number of hydrogen-bond acceptors (Lipinski definition) is 5. The summed E-state index contributed by atoms with van der Waals surface area (Å²) in [5.74, 6) is 0.110. The summed E-state index contributed by atoms with van der Waals surface area (Å²) in [6, 6.07) is 11.8. The number of pyridine rings is 1. The fourth-order valence-electron chi connectivity index (χ4n) is 2.44. The minimum atomic E-state index is -0.360. The van der Waals surface area contributed by atoms with E-state index in [9.17, 15) is 9.18 Å². The molecule has 134 valence electrons. The second-order valence-electron chi connectivity index (χ2n) is 5.68. The van der Waals surface area contributed by atoms with Crippen LogP contribution in [0.5, 0.6) is 0 Å². The van der Waals surface area contributed by atoms with E-state index < -0.39 is 0 Å². The molecule has 2 aromatic heterocycles. The maximum Gasteiger partial charge on any atom is 0.231 e. The second-order valence-corrected chi connectivity index (χ2v) is 6.62. The highest BCUT2D eigenvalue weighted by Gasteiger charge is 2.16. The van der Waals surface area contributed by atoms with Crippen molar-refractivity contribution in [2.45, 2.75) is 18.1 Å². The Bertz CT molecular complexity index is 900. The van der Waals surface area contributed by atoms with Crippen LogP contribution in [0.2, 0.25) is 0 Å². The molecule has 0 aliphatic heterocycles. The molecule has 1 N–H and O–H groups in total. The Morgan fingerprint density at radius 2 is 2.00 bits per heavy atom. The third-order valence-electron chi connectivity index (χ3n) is 3.79. The van der Waals surface area contributed by atoms with E-state index in [-0.39, 0.29) is 23.5 Å². The molecule has 0 saturated carbocycles. The van der Waals surface area contributed by atoms with Crippen molar-refractivity contribution < 1.29 is 9.18 Å². The fourth-order valence-corrected chi connectivity index (χ4v) is 3.16. The Kier molecular flexibility index (Phi) is 5.62. The Hall–Kier alpha value is -2.74. The van der Waals surface area contributed by atoms with Crippen LogP contribution in [-0.2, 0) is 11.8 Å². The lowest BCUT2D eigenvalue weighted by Gasteiger charge is -2.12. The molecule has 1 atom stereocenters. The number of rotatable bonds is 6. The molecular formula is C18H18FN5OS. The van der Waals surface area contributed by atoms with Gasteiger partial charge < -0.3 is 9.88 Å². The SMILES string of the molecule is CC(NC(=O)CSc1nnc(-c2ccccc2F)n1C)c1ccccn1. The lowest BCUT2D eigenvalue weighted by molar-refractivity contribution is -0.119. The van der Waals surface area contributed by atoms with Crippen molar-refractivity contribution >= 4 is 17.7 Å². The van der Waals surface area contributed by atoms with E-state index in [1.807, 2.05) is 25.1 Å². The molecule has 0 radical (unpaired) electrons. The van der Waals surface area contributed by atoms with Gasteiger partial charge in [-0.25, -0.2) is 4.39 Å². The van der Waals surface area contributed by atoms with Gasteiger partial charge in [0.05, 0.1) is 23.1 Å². The predicted molar refractivity (Wildman–Crippen MR) is 97.9 cm³/mol. The number of benzene rings is 1. The Morgan fingerprint density at radius 1 is 1.23 bits per heavy atom. The van der Waals surface area contributed by atoms with Crippen molar-refractivity contribution in [2.24, 2.45) is 7.05 Å². The molecule has 0 aliphatic rings. The van der Waals surface area contributed by atoms with Gasteiger partial charge in [0.25, 0.3) is 0 Å². The van der Waals surface area contributed by atoms with Crippen LogP contribution in [0.15, 0.2) is 53.8 Å². The van der Waals surface area contributed by atoms with E-state index in [0.717, 1.165) is 5.69 Å². The minimum Gasteiger partial charge on any atom is -0.347 e. The first-order valence-corrected chi connectivity index (χ1v) is 9.02. The number of aromatic nitrogens is 4. The van der Waals surface area contributed by atoms with Gasteiger partial charge in [0.15, 0.2) is 11.0 Å². The van der Waals surface area contributed by atoms with Crippen LogP contribution in [-0.4, -0.2) is 31.4 Å². The molecule has 0 bridgehead atoms. The summed E-state index contributed by atoms with van der Waals surface area (Å²) < 4.78 is 15.6. The van der Waals surface area contributed by atoms with Crippen LogP contribution in [0.25, 0.3) is 11.4 Å². The van der Waals surface area contributed by atoms with Gasteiger partial charge in [-0.1, -0.05) is 30.0 Å². The first-order chi connectivity index (χ1) is 12.6. The van der Waals surface area contributed by atoms with Gasteiger partial charge in [0.2, 0.25) is 5.91 Å². The first kappa shape index (κ1) is 18.1. The van der Waals surface area contributed by atoms with Crippen LogP contribution in [0, 0.1) is 5.82 Å². The van der Waals surface area contributed by atoms with Crippen molar-refractivity contribution in [3.8, 4) is 11.4 Å². The quantitative estimate of drug-likeness (QED) is 0.675. The molecule has 0 fully saturated rings. The van der Waals surface area contributed by atoms with Crippen molar-refractivity contribution in [1.82, 2.24) is 25.1 Å². The van der Waals surface area contributed by atoms with Gasteiger partial charge in [-0.2, -0.15) is 0 Å². The summed E-state index contributed by atoms with van der Waals surface area (Å²) in [6.45, 7) is 1.88. The molecule has 1 aromatic carbocycles. The van der Waals surface area contributed by atoms with Crippen LogP contribution in [0.3, 0.4) is 0 Å². The summed E-state index contributed by atoms with van der Waals surface area (Å²) in [4.78, 5) is 16.4. The minimum absolute atomic E-state index is 0.136. The van der Waals surface area contributed by atoms with Crippen LogP contribution < -0.4 is 5.32 Å². The number of halogens is 1. The zero-order valence-corrected chi connectivity index (χ0v) is 15.2. The summed E-state index contributed by atoms with van der Waals surface area (Å²) in [5, 5.41) is 11.5. The monoisotopic (exact) mass is 371 g/mol. The molecule has 0 spiro atoms. The number of carbonyl (C=O) groups is 1. The van der Waals surface area contributed by atoms with Crippen molar-refractivity contribution in [3.63, 3.8) is 0 Å². The number of amides is 1. The number of hydrogen-bond donors (Lipinski definition) is 1. The molecule has 8 heteroatoms. The summed E-state index contributed by atoms with van der Waals surface area (Å²) in [5.41, 5.74) is 1.17. The number of carbonyl (C=O) groups excluding carboxylic acids is 1. The van der Waals surface area contributed by atoms with Crippen molar-refractivity contribution in [3.05, 3.63) is 60.2 Å². The normalized spacial score (nSPS) is 12.0. The molecule has 0 saturated heterocycles. The van der Waals surface area contributed by atoms with Gasteiger partial charge in [0.1, 0.15) is 5.82 Å². The number of nitrogens with zero attached hydrogens (tertiary/aromatic N) is 4. The summed E-state index contributed by atoms with van der Waals surface area (Å²) >= 11 is 1.25. The molecule has 2 heterocycles. The standard InChI is InChI=1S/C18H18FN5OS/c1-12(15-9-5-6-10-20-15)21-16(25)11-26-18-23-22-17(24(18)2)13-7-3-4-8-14(13)19/h3-10,12H,11H2,1-2H3,(H,21,25). The van der Waals surface area contributed by atoms with E-state index in [1.165, 1.54) is 17.8 Å². The molecule has 1 amide bonds. The van der Waals surface area contributed by atoms with E-state index in [0.29, 0.717) is 16.5 Å². The second kappa shape index (κ2) is 8.09. The third kappa shape index (κ3) is 4.08. The maximum atomic E-state index is 13.9. The Morgan fingerprint density at radius 3 is 2.73 bits per heavy atom. The summed E-state index contributed by atoms with van der Waals surface area (Å²) in [6.07, 6.45) is 1.69. The lowest BCUT2D eigenvalue weighted by Crippen LogP contribution is -2.28. The van der Waals surface area contributed by atoms with Gasteiger partial charge in [-0.15, -0.1) is 10.2 Å². The van der Waals surface area contributed by atoms with Gasteiger partial charge >= 0.3 is 0 Å². The molecule has 3 rings (SSSR count). The smallest absolute Gasteiger partial charge is 0.231 e. The number of thioether (sulfide) groups is 1. The zero-order chi connectivity index (χ0) is 18.5. The highest BCUT2D eigenvalue weighted by molar-refractivity contribution is 7.99. The van der Waals surface area contributed by atoms with Gasteiger partial charge in [-0.3, -0.25) is 9.78 Å². The largest absolute Gasteiger partial charge is 0.347 e. The molecule has 26 heavy (non-hydrogen) atoms. The summed E-state index contributed by atoms with van der Waals surface area (Å²) in [7, 11) is 1.75. The van der Waals surface area contributed by atoms with Gasteiger partial charge in [0, 0.05) is 13.2 Å². The molecule has 0 aliphatic carbocycles. The third-order valence-corrected chi connectivity index (χ3v) is 4.81. The maximum absolute atomic E-state index is 13.9. The molecular weight excluding hydrogens is 353 g/mol. The van der Waals surface area contributed by atoms with E-state index in [1.54, 1.807) is 36.0 Å². The first-order valence-electron chi connectivity index (χ1n) is 8.03. The average molecular weight is 371 g/mol. The van der Waals surface area contributed by atoms with Crippen LogP contribution in [0.4, 0.5) is 4.39 Å². The highest BCUT2D eigenvalue weighted by atomic mass is 32.2. The van der Waals surface area contributed by atoms with Crippen LogP contribution in [0.1, 0.15) is 18.7 Å². The Labute approximate surface area is 154 Å². The molecule has 1 unspecified atom stereocenters. The molecule has 6 nitrogen and oxygen atoms in total. The topological polar surface area (TPSA) is 72.7 Å². The van der Waals surface area contributed by atoms with Gasteiger partial charge in [-0.05, 0) is 31.2 Å². The lowest BCUT2D eigenvalue weighted by atomic mass is 10.2. The zero-order valence-electron chi connectivity index (χ0n) is 14.4. The Balaban J connectivity index is 1.62. The van der Waals surface area contributed by atoms with Crippen LogP contribution >= 0.6 is 11.8 Å². The van der Waals surface area contributed by atoms with Crippen molar-refractivity contribution in [1.29, 1.82) is 0 Å². The average Bonchev–Trinajstić information content (AvgIpc) is 3.01. The predicted octanol–water partition coefficient (Wildman–Crippen LogP) is 2.99.